The monoisotopic (exact) mass is 422 g/mol. The lowest BCUT2D eigenvalue weighted by atomic mass is 10.2. The van der Waals surface area contributed by atoms with Crippen molar-refractivity contribution in [2.75, 3.05) is 0 Å². The van der Waals surface area contributed by atoms with Gasteiger partial charge in [0.25, 0.3) is 0 Å². The lowest BCUT2D eigenvalue weighted by molar-refractivity contribution is 0.982. The molecule has 3 rings (SSSR count). The molecular formula is C14H7BrCl4N2. The first-order chi connectivity index (χ1) is 10.0. The van der Waals surface area contributed by atoms with E-state index >= 15 is 0 Å². The number of fused-ring (bicyclic) bond motifs is 1. The van der Waals surface area contributed by atoms with Gasteiger partial charge in [-0.1, -0.05) is 34.8 Å². The number of hydrogen-bond acceptors (Lipinski definition) is 1. The summed E-state index contributed by atoms with van der Waals surface area (Å²) in [4.78, 5) is 4.49. The molecular weight excluding hydrogens is 418 g/mol. The number of alkyl halides is 1. The lowest BCUT2D eigenvalue weighted by Gasteiger charge is -2.12. The molecule has 0 saturated heterocycles. The Labute approximate surface area is 149 Å². The molecule has 1 heterocycles. The average Bonchev–Trinajstić information content (AvgIpc) is 2.82. The van der Waals surface area contributed by atoms with E-state index in [1.165, 1.54) is 0 Å². The van der Waals surface area contributed by atoms with Crippen LogP contribution in [0, 0.1) is 0 Å². The summed E-state index contributed by atoms with van der Waals surface area (Å²) in [5.74, 6) is 0.922. The fourth-order valence-corrected chi connectivity index (χ4v) is 3.35. The molecule has 0 amide bonds. The van der Waals surface area contributed by atoms with Crippen molar-refractivity contribution in [2.45, 2.75) is 5.88 Å². The molecule has 7 heteroatoms. The normalized spacial score (nSPS) is 11.3. The summed E-state index contributed by atoms with van der Waals surface area (Å²) < 4.78 is 2.62. The zero-order valence-corrected chi connectivity index (χ0v) is 15.0. The molecule has 0 radical (unpaired) electrons. The van der Waals surface area contributed by atoms with E-state index in [0.29, 0.717) is 20.9 Å². The molecule has 0 spiro atoms. The van der Waals surface area contributed by atoms with E-state index in [9.17, 15) is 0 Å². The predicted octanol–water partition coefficient (Wildman–Crippen LogP) is 6.49. The van der Waals surface area contributed by atoms with Gasteiger partial charge in [-0.2, -0.15) is 0 Å². The van der Waals surface area contributed by atoms with Crippen LogP contribution in [0.25, 0.3) is 16.7 Å². The van der Waals surface area contributed by atoms with E-state index in [4.69, 9.17) is 46.4 Å². The van der Waals surface area contributed by atoms with E-state index < -0.39 is 0 Å². The van der Waals surface area contributed by atoms with Gasteiger partial charge in [0.05, 0.1) is 32.6 Å². The Bertz CT molecular complexity index is 845. The molecule has 2 nitrogen and oxygen atoms in total. The fourth-order valence-electron chi connectivity index (χ4n) is 2.15. The van der Waals surface area contributed by atoms with Crippen molar-refractivity contribution < 1.29 is 0 Å². The summed E-state index contributed by atoms with van der Waals surface area (Å²) in [6.07, 6.45) is 0. The number of imidazole rings is 1. The van der Waals surface area contributed by atoms with Crippen LogP contribution in [-0.2, 0) is 5.88 Å². The van der Waals surface area contributed by atoms with Crippen LogP contribution in [0.2, 0.25) is 15.1 Å². The second-order valence-corrected chi connectivity index (χ2v) is 6.64. The van der Waals surface area contributed by atoms with Gasteiger partial charge in [-0.05, 0) is 46.3 Å². The van der Waals surface area contributed by atoms with E-state index in [1.54, 1.807) is 12.1 Å². The molecule has 2 aromatic carbocycles. The molecule has 0 aliphatic carbocycles. The highest BCUT2D eigenvalue weighted by molar-refractivity contribution is 9.10. The second-order valence-electron chi connectivity index (χ2n) is 4.32. The summed E-state index contributed by atoms with van der Waals surface area (Å²) in [5, 5.41) is 1.50. The van der Waals surface area contributed by atoms with Gasteiger partial charge in [-0.25, -0.2) is 4.98 Å². The van der Waals surface area contributed by atoms with Crippen LogP contribution in [0.1, 0.15) is 5.82 Å². The van der Waals surface area contributed by atoms with E-state index in [0.717, 1.165) is 21.2 Å². The molecule has 0 unspecified atom stereocenters. The minimum atomic E-state index is 0.246. The van der Waals surface area contributed by atoms with Crippen molar-refractivity contribution in [2.24, 2.45) is 0 Å². The molecule has 0 N–H and O–H groups in total. The SMILES string of the molecule is ClCc1nc2cc(Cl)ccc2n1-c1ccc(Br)c(Cl)c1Cl. The van der Waals surface area contributed by atoms with Crippen molar-refractivity contribution >= 4 is 73.4 Å². The summed E-state index contributed by atoms with van der Waals surface area (Å²) in [7, 11) is 0. The van der Waals surface area contributed by atoms with E-state index in [2.05, 4.69) is 20.9 Å². The Morgan fingerprint density at radius 3 is 2.52 bits per heavy atom. The minimum absolute atomic E-state index is 0.246. The van der Waals surface area contributed by atoms with Gasteiger partial charge < -0.3 is 0 Å². The van der Waals surface area contributed by atoms with E-state index in [-0.39, 0.29) is 5.88 Å². The summed E-state index contributed by atoms with van der Waals surface area (Å²) in [5.41, 5.74) is 2.36. The van der Waals surface area contributed by atoms with Crippen LogP contribution < -0.4 is 0 Å². The Balaban J connectivity index is 2.36. The van der Waals surface area contributed by atoms with Gasteiger partial charge in [-0.3, -0.25) is 4.57 Å². The van der Waals surface area contributed by atoms with Crippen molar-refractivity contribution in [1.29, 1.82) is 0 Å². The van der Waals surface area contributed by atoms with Gasteiger partial charge in [-0.15, -0.1) is 11.6 Å². The van der Waals surface area contributed by atoms with Crippen LogP contribution in [0.4, 0.5) is 0 Å². The summed E-state index contributed by atoms with van der Waals surface area (Å²) in [6.45, 7) is 0. The number of nitrogens with zero attached hydrogens (tertiary/aromatic N) is 2. The highest BCUT2D eigenvalue weighted by atomic mass is 79.9. The minimum Gasteiger partial charge on any atom is -0.294 e. The van der Waals surface area contributed by atoms with Crippen molar-refractivity contribution in [3.05, 3.63) is 55.7 Å². The summed E-state index contributed by atoms with van der Waals surface area (Å²) in [6, 6.07) is 9.17. The van der Waals surface area contributed by atoms with Crippen molar-refractivity contribution in [3.8, 4) is 5.69 Å². The Hall–Kier alpha value is -0.450. The number of hydrogen-bond donors (Lipinski definition) is 0. The highest BCUT2D eigenvalue weighted by Crippen LogP contribution is 2.37. The molecule has 3 aromatic rings. The van der Waals surface area contributed by atoms with Crippen LogP contribution >= 0.6 is 62.3 Å². The molecule has 1 aromatic heterocycles. The maximum absolute atomic E-state index is 6.37. The Morgan fingerprint density at radius 2 is 1.81 bits per heavy atom. The predicted molar refractivity (Wildman–Crippen MR) is 93.4 cm³/mol. The lowest BCUT2D eigenvalue weighted by Crippen LogP contribution is -2.00. The van der Waals surface area contributed by atoms with Crippen molar-refractivity contribution in [1.82, 2.24) is 9.55 Å². The molecule has 0 aliphatic heterocycles. The molecule has 0 fully saturated rings. The van der Waals surface area contributed by atoms with Gasteiger partial charge in [0, 0.05) is 9.50 Å². The standard InChI is InChI=1S/C14H7BrCl4N2/c15-8-2-4-11(14(19)13(8)18)21-10-3-1-7(17)5-9(10)20-12(21)6-16/h1-5H,6H2. The molecule has 0 aliphatic rings. The Morgan fingerprint density at radius 1 is 1.05 bits per heavy atom. The van der Waals surface area contributed by atoms with E-state index in [1.807, 2.05) is 22.8 Å². The largest absolute Gasteiger partial charge is 0.294 e. The van der Waals surface area contributed by atoms with Crippen LogP contribution in [-0.4, -0.2) is 9.55 Å². The number of halogens is 5. The molecule has 0 atom stereocenters. The van der Waals surface area contributed by atoms with Crippen LogP contribution in [0.15, 0.2) is 34.8 Å². The highest BCUT2D eigenvalue weighted by Gasteiger charge is 2.17. The quantitative estimate of drug-likeness (QED) is 0.339. The summed E-state index contributed by atoms with van der Waals surface area (Å²) >= 11 is 28.0. The third-order valence-corrected chi connectivity index (χ3v) is 5.30. The van der Waals surface area contributed by atoms with Gasteiger partial charge in [0.15, 0.2) is 0 Å². The van der Waals surface area contributed by atoms with Gasteiger partial charge in [0.2, 0.25) is 0 Å². The first-order valence-electron chi connectivity index (χ1n) is 5.89. The molecule has 0 saturated carbocycles. The van der Waals surface area contributed by atoms with Crippen LogP contribution in [0.3, 0.4) is 0 Å². The number of aromatic nitrogens is 2. The maximum Gasteiger partial charge on any atom is 0.129 e. The van der Waals surface area contributed by atoms with Crippen molar-refractivity contribution in [3.63, 3.8) is 0 Å². The average molecular weight is 425 g/mol. The zero-order valence-electron chi connectivity index (χ0n) is 10.4. The maximum atomic E-state index is 6.37. The number of rotatable bonds is 2. The topological polar surface area (TPSA) is 17.8 Å². The number of benzene rings is 2. The van der Waals surface area contributed by atoms with Gasteiger partial charge >= 0.3 is 0 Å². The smallest absolute Gasteiger partial charge is 0.129 e. The Kier molecular flexibility index (Phi) is 4.40. The molecule has 21 heavy (non-hydrogen) atoms. The first-order valence-corrected chi connectivity index (χ1v) is 8.35. The van der Waals surface area contributed by atoms with Gasteiger partial charge in [0.1, 0.15) is 5.82 Å². The zero-order chi connectivity index (χ0) is 15.1. The third-order valence-electron chi connectivity index (χ3n) is 3.06. The van der Waals surface area contributed by atoms with Crippen LogP contribution in [0.5, 0.6) is 0 Å². The second kappa shape index (κ2) is 5.98. The molecule has 108 valence electrons. The first kappa shape index (κ1) is 15.4. The third kappa shape index (κ3) is 2.66. The fraction of sp³-hybridized carbons (Fsp3) is 0.0714. The molecule has 0 bridgehead atoms.